The molecule has 2 aliphatic heterocycles. The van der Waals surface area contributed by atoms with E-state index in [0.29, 0.717) is 16.9 Å². The number of carbonyl (C=O) groups is 1. The van der Waals surface area contributed by atoms with Crippen LogP contribution in [0.3, 0.4) is 0 Å². The second-order valence-electron chi connectivity index (χ2n) is 7.40. The Bertz CT molecular complexity index is 936. The van der Waals surface area contributed by atoms with Crippen LogP contribution in [0.1, 0.15) is 27.0 Å². The number of hydrazine groups is 1. The van der Waals surface area contributed by atoms with E-state index in [1.165, 1.54) is 5.56 Å². The molecule has 4 N–H and O–H groups in total. The standard InChI is InChI=1S/C22H26N4O3/c1-15-18-13-16(14-26-9-7-25(8-10-26)11-12-27)5-6-19(18)29-20-4-2-3-17(21(15)20)22(28)24-23/h2-6,13,27H,1,7-12,14,23H2,(H,24,28). The highest BCUT2D eigenvalue weighted by atomic mass is 16.5. The summed E-state index contributed by atoms with van der Waals surface area (Å²) in [5.41, 5.74) is 6.15. The van der Waals surface area contributed by atoms with Crippen LogP contribution >= 0.6 is 0 Å². The van der Waals surface area contributed by atoms with Crippen molar-refractivity contribution in [3.05, 3.63) is 65.2 Å². The molecular weight excluding hydrogens is 368 g/mol. The van der Waals surface area contributed by atoms with E-state index in [4.69, 9.17) is 15.7 Å². The van der Waals surface area contributed by atoms with E-state index < -0.39 is 0 Å². The van der Waals surface area contributed by atoms with Gasteiger partial charge in [-0.05, 0) is 35.4 Å². The number of nitrogens with zero attached hydrogens (tertiary/aromatic N) is 2. The van der Waals surface area contributed by atoms with Crippen LogP contribution in [0.25, 0.3) is 5.57 Å². The van der Waals surface area contributed by atoms with Gasteiger partial charge in [0.2, 0.25) is 0 Å². The van der Waals surface area contributed by atoms with Crippen molar-refractivity contribution in [3.63, 3.8) is 0 Å². The Labute approximate surface area is 170 Å². The first-order valence-electron chi connectivity index (χ1n) is 9.80. The molecule has 2 aromatic rings. The molecule has 0 radical (unpaired) electrons. The quantitative estimate of drug-likeness (QED) is 0.346. The number of ether oxygens (including phenoxy) is 1. The number of aliphatic hydroxyl groups excluding tert-OH is 1. The van der Waals surface area contributed by atoms with E-state index in [9.17, 15) is 4.79 Å². The van der Waals surface area contributed by atoms with Crippen LogP contribution in [0.5, 0.6) is 11.5 Å². The average Bonchev–Trinajstić information content (AvgIpc) is 2.75. The number of β-amino-alcohol motifs (C(OH)–C–C–N with tert-alkyl or cyclic N) is 1. The Morgan fingerprint density at radius 3 is 2.62 bits per heavy atom. The van der Waals surface area contributed by atoms with E-state index in [-0.39, 0.29) is 12.5 Å². The van der Waals surface area contributed by atoms with Crippen LogP contribution in [-0.4, -0.2) is 60.1 Å². The van der Waals surface area contributed by atoms with Crippen LogP contribution in [0.4, 0.5) is 0 Å². The zero-order valence-electron chi connectivity index (χ0n) is 16.4. The van der Waals surface area contributed by atoms with Gasteiger partial charge in [-0.15, -0.1) is 0 Å². The lowest BCUT2D eigenvalue weighted by atomic mass is 9.90. The molecule has 29 heavy (non-hydrogen) atoms. The molecule has 152 valence electrons. The molecule has 2 heterocycles. The van der Waals surface area contributed by atoms with Crippen molar-refractivity contribution in [1.29, 1.82) is 0 Å². The van der Waals surface area contributed by atoms with E-state index in [1.54, 1.807) is 12.1 Å². The van der Waals surface area contributed by atoms with Crippen LogP contribution in [0.2, 0.25) is 0 Å². The molecule has 1 fully saturated rings. The predicted molar refractivity (Wildman–Crippen MR) is 112 cm³/mol. The smallest absolute Gasteiger partial charge is 0.265 e. The number of nitrogens with two attached hydrogens (primary N) is 1. The fraction of sp³-hybridized carbons (Fsp3) is 0.318. The van der Waals surface area contributed by atoms with E-state index in [1.807, 2.05) is 12.1 Å². The molecule has 1 amide bonds. The van der Waals surface area contributed by atoms with Gasteiger partial charge in [0.1, 0.15) is 11.5 Å². The number of benzene rings is 2. The van der Waals surface area contributed by atoms with Crippen molar-refractivity contribution in [2.24, 2.45) is 5.84 Å². The summed E-state index contributed by atoms with van der Waals surface area (Å²) in [7, 11) is 0. The van der Waals surface area contributed by atoms with Gasteiger partial charge in [0, 0.05) is 50.4 Å². The van der Waals surface area contributed by atoms with E-state index >= 15 is 0 Å². The average molecular weight is 394 g/mol. The van der Waals surface area contributed by atoms with Crippen LogP contribution in [0, 0.1) is 0 Å². The molecule has 0 atom stereocenters. The number of fused-ring (bicyclic) bond motifs is 2. The number of piperazine rings is 1. The minimum absolute atomic E-state index is 0.207. The zero-order chi connectivity index (χ0) is 20.4. The Morgan fingerprint density at radius 1 is 1.14 bits per heavy atom. The number of hydrogen-bond acceptors (Lipinski definition) is 6. The fourth-order valence-electron chi connectivity index (χ4n) is 4.02. The molecule has 7 heteroatoms. The second kappa shape index (κ2) is 8.34. The van der Waals surface area contributed by atoms with Gasteiger partial charge in [0.15, 0.2) is 0 Å². The first kappa shape index (κ1) is 19.6. The number of carbonyl (C=O) groups excluding carboxylic acids is 1. The van der Waals surface area contributed by atoms with Gasteiger partial charge in [-0.3, -0.25) is 20.0 Å². The van der Waals surface area contributed by atoms with Crippen LogP contribution < -0.4 is 16.0 Å². The molecular formula is C22H26N4O3. The van der Waals surface area contributed by atoms with Gasteiger partial charge < -0.3 is 9.84 Å². The normalized spacial score (nSPS) is 16.7. The van der Waals surface area contributed by atoms with Gasteiger partial charge in [-0.2, -0.15) is 0 Å². The Kier molecular flexibility index (Phi) is 5.64. The van der Waals surface area contributed by atoms with Gasteiger partial charge in [0.05, 0.1) is 12.2 Å². The molecule has 0 spiro atoms. The third-order valence-electron chi connectivity index (χ3n) is 5.58. The molecule has 2 aliphatic rings. The highest BCUT2D eigenvalue weighted by Crippen LogP contribution is 2.44. The minimum atomic E-state index is -0.369. The summed E-state index contributed by atoms with van der Waals surface area (Å²) in [6.45, 7) is 9.90. The SMILES string of the molecule is C=C1c2cc(CN3CCN(CCO)CC3)ccc2Oc2cccc(C(=O)NN)c21. The fourth-order valence-corrected chi connectivity index (χ4v) is 4.02. The molecule has 1 saturated heterocycles. The van der Waals surface area contributed by atoms with Gasteiger partial charge in [-0.25, -0.2) is 5.84 Å². The largest absolute Gasteiger partial charge is 0.456 e. The Balaban J connectivity index is 1.55. The topological polar surface area (TPSA) is 91.1 Å². The number of rotatable bonds is 5. The minimum Gasteiger partial charge on any atom is -0.456 e. The van der Waals surface area contributed by atoms with Crippen LogP contribution in [0.15, 0.2) is 43.0 Å². The summed E-state index contributed by atoms with van der Waals surface area (Å²) in [4.78, 5) is 16.9. The molecule has 4 rings (SSSR count). The summed E-state index contributed by atoms with van der Waals surface area (Å²) in [5, 5.41) is 9.09. The van der Waals surface area contributed by atoms with Crippen molar-refractivity contribution in [2.45, 2.75) is 6.54 Å². The lowest BCUT2D eigenvalue weighted by molar-refractivity contribution is 0.0953. The molecule has 2 aromatic carbocycles. The summed E-state index contributed by atoms with van der Waals surface area (Å²) >= 11 is 0. The van der Waals surface area contributed by atoms with Crippen molar-refractivity contribution in [1.82, 2.24) is 15.2 Å². The maximum atomic E-state index is 12.2. The Hall–Kier alpha value is -2.71. The molecule has 0 bridgehead atoms. The van der Waals surface area contributed by atoms with Crippen LogP contribution in [-0.2, 0) is 6.54 Å². The second-order valence-corrected chi connectivity index (χ2v) is 7.40. The first-order chi connectivity index (χ1) is 14.1. The highest BCUT2D eigenvalue weighted by Gasteiger charge is 2.26. The lowest BCUT2D eigenvalue weighted by Gasteiger charge is -2.34. The maximum absolute atomic E-state index is 12.2. The van der Waals surface area contributed by atoms with Crippen molar-refractivity contribution >= 4 is 11.5 Å². The molecule has 0 unspecified atom stereocenters. The molecule has 7 nitrogen and oxygen atoms in total. The number of nitrogen functional groups attached to an aromatic ring is 1. The lowest BCUT2D eigenvalue weighted by Crippen LogP contribution is -2.46. The van der Waals surface area contributed by atoms with Gasteiger partial charge in [-0.1, -0.05) is 18.7 Å². The Morgan fingerprint density at radius 2 is 1.90 bits per heavy atom. The zero-order valence-corrected chi connectivity index (χ0v) is 16.4. The van der Waals surface area contributed by atoms with E-state index in [0.717, 1.165) is 56.2 Å². The summed E-state index contributed by atoms with van der Waals surface area (Å²) in [6, 6.07) is 11.5. The van der Waals surface area contributed by atoms with Gasteiger partial charge in [0.25, 0.3) is 5.91 Å². The third-order valence-corrected chi connectivity index (χ3v) is 5.58. The van der Waals surface area contributed by atoms with E-state index in [2.05, 4.69) is 33.9 Å². The number of hydrogen-bond donors (Lipinski definition) is 3. The van der Waals surface area contributed by atoms with Crippen molar-refractivity contribution in [2.75, 3.05) is 39.3 Å². The predicted octanol–water partition coefficient (Wildman–Crippen LogP) is 1.57. The monoisotopic (exact) mass is 394 g/mol. The third kappa shape index (κ3) is 3.90. The molecule has 0 aromatic heterocycles. The number of nitrogens with one attached hydrogen (secondary N) is 1. The summed E-state index contributed by atoms with van der Waals surface area (Å²) in [6.07, 6.45) is 0. The maximum Gasteiger partial charge on any atom is 0.265 e. The highest BCUT2D eigenvalue weighted by molar-refractivity contribution is 6.03. The van der Waals surface area contributed by atoms with Crippen molar-refractivity contribution in [3.8, 4) is 11.5 Å². The summed E-state index contributed by atoms with van der Waals surface area (Å²) < 4.78 is 6.04. The first-order valence-corrected chi connectivity index (χ1v) is 9.80. The van der Waals surface area contributed by atoms with Gasteiger partial charge >= 0.3 is 0 Å². The summed E-state index contributed by atoms with van der Waals surface area (Å²) in [5.74, 6) is 6.32. The molecule has 0 saturated carbocycles. The molecule has 0 aliphatic carbocycles. The van der Waals surface area contributed by atoms with Crippen molar-refractivity contribution < 1.29 is 14.6 Å². The number of aliphatic hydroxyl groups is 1. The number of amides is 1.